The lowest BCUT2D eigenvalue weighted by molar-refractivity contribution is 0.235. The van der Waals surface area contributed by atoms with Crippen molar-refractivity contribution in [3.05, 3.63) is 11.6 Å². The van der Waals surface area contributed by atoms with Gasteiger partial charge in [0.2, 0.25) is 0 Å². The van der Waals surface area contributed by atoms with Gasteiger partial charge in [0.05, 0.1) is 24.9 Å². The van der Waals surface area contributed by atoms with Crippen molar-refractivity contribution in [2.45, 2.75) is 102 Å². The van der Waals surface area contributed by atoms with Crippen LogP contribution in [-0.2, 0) is 13.9 Å². The quantitative estimate of drug-likeness (QED) is 0.351. The van der Waals surface area contributed by atoms with Gasteiger partial charge in [-0.2, -0.15) is 0 Å². The first kappa shape index (κ1) is 21.1. The Morgan fingerprint density at radius 1 is 1.28 bits per heavy atom. The Morgan fingerprint density at radius 2 is 1.96 bits per heavy atom. The number of aliphatic hydroxyl groups excluding tert-OH is 1. The van der Waals surface area contributed by atoms with Crippen molar-refractivity contribution in [1.82, 2.24) is 0 Å². The molecule has 2 heterocycles. The van der Waals surface area contributed by atoms with Crippen molar-refractivity contribution in [2.75, 3.05) is 13.2 Å². The first-order valence-electron chi connectivity index (χ1n) is 9.72. The predicted octanol–water partition coefficient (Wildman–Crippen LogP) is 4.43. The highest BCUT2D eigenvalue weighted by molar-refractivity contribution is 6.74. The lowest BCUT2D eigenvalue weighted by atomic mass is 10.00. The van der Waals surface area contributed by atoms with Crippen molar-refractivity contribution in [3.63, 3.8) is 0 Å². The van der Waals surface area contributed by atoms with Gasteiger partial charge in [0.25, 0.3) is 0 Å². The monoisotopic (exact) mass is 370 g/mol. The second-order valence-corrected chi connectivity index (χ2v) is 14.3. The molecule has 0 aliphatic carbocycles. The number of rotatable bonds is 10. The number of allylic oxidation sites excluding steroid dienone is 2. The van der Waals surface area contributed by atoms with E-state index in [1.54, 1.807) is 0 Å². The second-order valence-electron chi connectivity index (χ2n) is 9.51. The van der Waals surface area contributed by atoms with Gasteiger partial charge >= 0.3 is 0 Å². The summed E-state index contributed by atoms with van der Waals surface area (Å²) in [4.78, 5) is 0. The summed E-state index contributed by atoms with van der Waals surface area (Å²) in [7, 11) is -1.69. The molecule has 0 saturated carbocycles. The summed E-state index contributed by atoms with van der Waals surface area (Å²) in [5, 5.41) is 9.23. The largest absolute Gasteiger partial charge is 0.414 e. The second kappa shape index (κ2) is 7.81. The molecule has 4 atom stereocenters. The molecule has 0 spiro atoms. The summed E-state index contributed by atoms with van der Waals surface area (Å²) in [6.07, 6.45) is 7.11. The third-order valence-corrected chi connectivity index (χ3v) is 10.8. The molecule has 2 saturated heterocycles. The van der Waals surface area contributed by atoms with Gasteiger partial charge in [0.1, 0.15) is 12.2 Å². The first-order valence-corrected chi connectivity index (χ1v) is 12.6. The van der Waals surface area contributed by atoms with Crippen LogP contribution in [0.15, 0.2) is 11.6 Å². The van der Waals surface area contributed by atoms with Gasteiger partial charge in [-0.1, -0.05) is 32.4 Å². The third kappa shape index (κ3) is 5.89. The molecular weight excluding hydrogens is 332 g/mol. The van der Waals surface area contributed by atoms with E-state index in [1.165, 1.54) is 5.57 Å². The van der Waals surface area contributed by atoms with Gasteiger partial charge in [-0.15, -0.1) is 0 Å². The Morgan fingerprint density at radius 3 is 2.52 bits per heavy atom. The van der Waals surface area contributed by atoms with Crippen molar-refractivity contribution >= 4 is 8.32 Å². The molecule has 146 valence electrons. The average Bonchev–Trinajstić information content (AvgIpc) is 3.38. The molecule has 0 aromatic carbocycles. The van der Waals surface area contributed by atoms with Crippen molar-refractivity contribution in [3.8, 4) is 0 Å². The SMILES string of the molecule is C/C(=C\CC[C@@]1(C)O[C@@H]1CO[Si](C)(C)C(C)(C)C)CC[C@@H]1O[C@H]1CO. The number of hydrogen-bond acceptors (Lipinski definition) is 4. The molecule has 0 amide bonds. The Bertz CT molecular complexity index is 483. The molecule has 2 aliphatic rings. The van der Waals surface area contributed by atoms with Crippen LogP contribution in [0.25, 0.3) is 0 Å². The highest BCUT2D eigenvalue weighted by atomic mass is 28.4. The first-order chi connectivity index (χ1) is 11.5. The summed E-state index contributed by atoms with van der Waals surface area (Å²) in [6.45, 7) is 16.7. The zero-order valence-corrected chi connectivity index (χ0v) is 18.2. The van der Waals surface area contributed by atoms with Gasteiger partial charge in [-0.3, -0.25) is 0 Å². The van der Waals surface area contributed by atoms with E-state index in [9.17, 15) is 0 Å². The summed E-state index contributed by atoms with van der Waals surface area (Å²) in [5.74, 6) is 0. The number of epoxide rings is 2. The normalized spacial score (nSPS) is 32.8. The van der Waals surface area contributed by atoms with E-state index in [0.717, 1.165) is 32.3 Å². The predicted molar refractivity (Wildman–Crippen MR) is 104 cm³/mol. The standard InChI is InChI=1S/C20H38O4Si/c1-15(10-11-16-17(13-21)23-16)9-8-12-20(5)18(24-20)14-22-25(6,7)19(2,3)4/h9,16-18,21H,8,10-14H2,1-7H3/b15-9+/t16-,17-,18+,20+/m0/s1. The highest BCUT2D eigenvalue weighted by Gasteiger charge is 2.52. The molecule has 25 heavy (non-hydrogen) atoms. The Balaban J connectivity index is 1.64. The van der Waals surface area contributed by atoms with E-state index >= 15 is 0 Å². The topological polar surface area (TPSA) is 54.5 Å². The summed E-state index contributed by atoms with van der Waals surface area (Å²) in [5.41, 5.74) is 1.39. The maximum atomic E-state index is 8.98. The summed E-state index contributed by atoms with van der Waals surface area (Å²) in [6, 6.07) is 0. The molecule has 0 radical (unpaired) electrons. The van der Waals surface area contributed by atoms with Crippen LogP contribution in [0.5, 0.6) is 0 Å². The summed E-state index contributed by atoms with van der Waals surface area (Å²) >= 11 is 0. The highest BCUT2D eigenvalue weighted by Crippen LogP contribution is 2.43. The molecule has 0 aromatic heterocycles. The molecule has 1 N–H and O–H groups in total. The fourth-order valence-electron chi connectivity index (χ4n) is 2.89. The van der Waals surface area contributed by atoms with Crippen LogP contribution in [-0.4, -0.2) is 50.6 Å². The molecule has 0 unspecified atom stereocenters. The van der Waals surface area contributed by atoms with Crippen molar-refractivity contribution < 1.29 is 19.0 Å². The van der Waals surface area contributed by atoms with Gasteiger partial charge in [0, 0.05) is 0 Å². The molecule has 2 fully saturated rings. The minimum Gasteiger partial charge on any atom is -0.414 e. The van der Waals surface area contributed by atoms with Crippen molar-refractivity contribution in [2.24, 2.45) is 0 Å². The van der Waals surface area contributed by atoms with Gasteiger partial charge in [-0.05, 0) is 57.7 Å². The molecule has 0 bridgehead atoms. The Hall–Kier alpha value is -0.203. The zero-order valence-electron chi connectivity index (χ0n) is 17.2. The van der Waals surface area contributed by atoms with E-state index in [0.29, 0.717) is 0 Å². The Labute approximate surface area is 155 Å². The van der Waals surface area contributed by atoms with Gasteiger partial charge in [0.15, 0.2) is 8.32 Å². The van der Waals surface area contributed by atoms with Gasteiger partial charge in [-0.25, -0.2) is 0 Å². The summed E-state index contributed by atoms with van der Waals surface area (Å²) < 4.78 is 17.6. The van der Waals surface area contributed by atoms with E-state index in [4.69, 9.17) is 19.0 Å². The van der Waals surface area contributed by atoms with Crippen LogP contribution >= 0.6 is 0 Å². The minimum atomic E-state index is -1.69. The molecule has 2 aliphatic heterocycles. The van der Waals surface area contributed by atoms with Crippen LogP contribution in [0.2, 0.25) is 18.1 Å². The number of hydrogen-bond donors (Lipinski definition) is 1. The van der Waals surface area contributed by atoms with E-state index < -0.39 is 8.32 Å². The van der Waals surface area contributed by atoms with E-state index in [-0.39, 0.29) is 35.6 Å². The molecule has 2 rings (SSSR count). The van der Waals surface area contributed by atoms with Crippen LogP contribution in [0, 0.1) is 0 Å². The zero-order chi connectivity index (χ0) is 18.9. The minimum absolute atomic E-state index is 0.0132. The molecule has 4 nitrogen and oxygen atoms in total. The lowest BCUT2D eigenvalue weighted by Crippen LogP contribution is -2.42. The number of aliphatic hydroxyl groups is 1. The smallest absolute Gasteiger partial charge is 0.192 e. The van der Waals surface area contributed by atoms with Crippen molar-refractivity contribution in [1.29, 1.82) is 0 Å². The molecular formula is C20H38O4Si. The van der Waals surface area contributed by atoms with Gasteiger partial charge < -0.3 is 19.0 Å². The van der Waals surface area contributed by atoms with Crippen LogP contribution in [0.4, 0.5) is 0 Å². The fourth-order valence-corrected chi connectivity index (χ4v) is 3.89. The molecule has 0 aromatic rings. The maximum absolute atomic E-state index is 8.98. The van der Waals surface area contributed by atoms with E-state index in [1.807, 2.05) is 0 Å². The van der Waals surface area contributed by atoms with Crippen LogP contribution in [0.1, 0.15) is 60.3 Å². The van der Waals surface area contributed by atoms with Crippen LogP contribution in [0.3, 0.4) is 0 Å². The molecule has 5 heteroatoms. The lowest BCUT2D eigenvalue weighted by Gasteiger charge is -2.36. The van der Waals surface area contributed by atoms with E-state index in [2.05, 4.69) is 53.8 Å². The average molecular weight is 371 g/mol. The third-order valence-electron chi connectivity index (χ3n) is 6.26. The maximum Gasteiger partial charge on any atom is 0.192 e. The fraction of sp³-hybridized carbons (Fsp3) is 0.900. The Kier molecular flexibility index (Phi) is 6.59. The number of ether oxygens (including phenoxy) is 2. The van der Waals surface area contributed by atoms with Crippen LogP contribution < -0.4 is 0 Å².